The van der Waals surface area contributed by atoms with Crippen LogP contribution in [-0.2, 0) is 0 Å². The Kier molecular flexibility index (Phi) is 4.05. The topological polar surface area (TPSA) is 59.8 Å². The molecule has 23 heavy (non-hydrogen) atoms. The minimum Gasteiger partial charge on any atom is -0.322 e. The standard InChI is InChI=1S/C17H17ClN4O/c1-10(2)22-16-12(9-19-22)7-15(11(3)20-16)17(23)21-14-6-4-5-13(18)8-14/h4-10H,1-3H3,(H,21,23). The van der Waals surface area contributed by atoms with Crippen LogP contribution in [0, 0.1) is 6.92 Å². The van der Waals surface area contributed by atoms with Gasteiger partial charge >= 0.3 is 0 Å². The van der Waals surface area contributed by atoms with Gasteiger partial charge in [-0.1, -0.05) is 17.7 Å². The molecule has 3 aromatic rings. The summed E-state index contributed by atoms with van der Waals surface area (Å²) in [5, 5.41) is 8.60. The van der Waals surface area contributed by atoms with Crippen molar-refractivity contribution in [1.82, 2.24) is 14.8 Å². The van der Waals surface area contributed by atoms with Crippen molar-refractivity contribution in [2.45, 2.75) is 26.8 Å². The van der Waals surface area contributed by atoms with Crippen molar-refractivity contribution in [3.8, 4) is 0 Å². The number of anilines is 1. The maximum Gasteiger partial charge on any atom is 0.257 e. The summed E-state index contributed by atoms with van der Waals surface area (Å²) in [4.78, 5) is 17.1. The summed E-state index contributed by atoms with van der Waals surface area (Å²) in [5.41, 5.74) is 2.64. The fraction of sp³-hybridized carbons (Fsp3) is 0.235. The van der Waals surface area contributed by atoms with E-state index in [9.17, 15) is 4.79 Å². The lowest BCUT2D eigenvalue weighted by atomic mass is 10.1. The molecule has 0 saturated heterocycles. The Bertz CT molecular complexity index is 885. The summed E-state index contributed by atoms with van der Waals surface area (Å²) in [6.07, 6.45) is 1.73. The van der Waals surface area contributed by atoms with Gasteiger partial charge in [-0.3, -0.25) is 4.79 Å². The Morgan fingerprint density at radius 1 is 1.30 bits per heavy atom. The van der Waals surface area contributed by atoms with Crippen LogP contribution in [0.5, 0.6) is 0 Å². The van der Waals surface area contributed by atoms with Gasteiger partial charge in [-0.15, -0.1) is 0 Å². The summed E-state index contributed by atoms with van der Waals surface area (Å²) in [5.74, 6) is -0.212. The van der Waals surface area contributed by atoms with Crippen LogP contribution >= 0.6 is 11.6 Å². The average molecular weight is 329 g/mol. The molecule has 6 heteroatoms. The van der Waals surface area contributed by atoms with Crippen molar-refractivity contribution in [1.29, 1.82) is 0 Å². The van der Waals surface area contributed by atoms with Crippen LogP contribution in [0.25, 0.3) is 11.0 Å². The highest BCUT2D eigenvalue weighted by Crippen LogP contribution is 2.21. The zero-order chi connectivity index (χ0) is 16.6. The van der Waals surface area contributed by atoms with E-state index in [1.807, 2.05) is 31.5 Å². The van der Waals surface area contributed by atoms with Gasteiger partial charge < -0.3 is 5.32 Å². The maximum absolute atomic E-state index is 12.5. The SMILES string of the molecule is Cc1nc2c(cnn2C(C)C)cc1C(=O)Nc1cccc(Cl)c1. The number of amides is 1. The Hall–Kier alpha value is -2.40. The molecule has 0 atom stereocenters. The van der Waals surface area contributed by atoms with E-state index in [1.54, 1.807) is 30.5 Å². The van der Waals surface area contributed by atoms with Crippen LogP contribution in [0.1, 0.15) is 35.9 Å². The molecule has 0 aliphatic carbocycles. The quantitative estimate of drug-likeness (QED) is 0.782. The molecule has 0 spiro atoms. The van der Waals surface area contributed by atoms with Gasteiger partial charge in [0.1, 0.15) is 0 Å². The smallest absolute Gasteiger partial charge is 0.257 e. The van der Waals surface area contributed by atoms with Crippen LogP contribution in [0.15, 0.2) is 36.5 Å². The number of carbonyl (C=O) groups excluding carboxylic acids is 1. The molecule has 0 fully saturated rings. The number of rotatable bonds is 3. The molecule has 0 unspecified atom stereocenters. The Morgan fingerprint density at radius 2 is 2.09 bits per heavy atom. The predicted octanol–water partition coefficient (Wildman–Crippen LogP) is 4.23. The largest absolute Gasteiger partial charge is 0.322 e. The third kappa shape index (κ3) is 3.05. The van der Waals surface area contributed by atoms with E-state index in [0.29, 0.717) is 22.0 Å². The first-order valence-electron chi connectivity index (χ1n) is 7.37. The lowest BCUT2D eigenvalue weighted by Gasteiger charge is -2.10. The molecule has 5 nitrogen and oxygen atoms in total. The van der Waals surface area contributed by atoms with Crippen molar-refractivity contribution in [2.24, 2.45) is 0 Å². The normalized spacial score (nSPS) is 11.2. The monoisotopic (exact) mass is 328 g/mol. The molecule has 1 aromatic carbocycles. The molecular weight excluding hydrogens is 312 g/mol. The summed E-state index contributed by atoms with van der Waals surface area (Å²) in [6.45, 7) is 5.91. The first kappa shape index (κ1) is 15.5. The number of benzene rings is 1. The van der Waals surface area contributed by atoms with E-state index in [1.165, 1.54) is 0 Å². The number of fused-ring (bicyclic) bond motifs is 1. The van der Waals surface area contributed by atoms with Gasteiger partial charge in [0.15, 0.2) is 5.65 Å². The summed E-state index contributed by atoms with van der Waals surface area (Å²) >= 11 is 5.94. The molecule has 0 aliphatic heterocycles. The molecule has 2 aromatic heterocycles. The predicted molar refractivity (Wildman–Crippen MR) is 92.1 cm³/mol. The van der Waals surface area contributed by atoms with E-state index in [2.05, 4.69) is 15.4 Å². The van der Waals surface area contributed by atoms with Crippen LogP contribution < -0.4 is 5.32 Å². The van der Waals surface area contributed by atoms with Gasteiger partial charge in [-0.25, -0.2) is 9.67 Å². The molecule has 0 saturated carbocycles. The van der Waals surface area contributed by atoms with Gasteiger partial charge in [0.05, 0.1) is 17.5 Å². The summed E-state index contributed by atoms with van der Waals surface area (Å²) in [6, 6.07) is 9.09. The van der Waals surface area contributed by atoms with Crippen LogP contribution in [0.3, 0.4) is 0 Å². The third-order valence-electron chi connectivity index (χ3n) is 3.58. The van der Waals surface area contributed by atoms with Crippen molar-refractivity contribution < 1.29 is 4.79 Å². The molecule has 0 bridgehead atoms. The number of hydrogen-bond donors (Lipinski definition) is 1. The van der Waals surface area contributed by atoms with Crippen molar-refractivity contribution in [2.75, 3.05) is 5.32 Å². The summed E-state index contributed by atoms with van der Waals surface area (Å²) in [7, 11) is 0. The highest BCUT2D eigenvalue weighted by molar-refractivity contribution is 6.31. The molecule has 2 heterocycles. The molecular formula is C17H17ClN4O. The van der Waals surface area contributed by atoms with Crippen LogP contribution in [0.4, 0.5) is 5.69 Å². The highest BCUT2D eigenvalue weighted by atomic mass is 35.5. The van der Waals surface area contributed by atoms with Crippen molar-refractivity contribution >= 4 is 34.2 Å². The number of nitrogens with one attached hydrogen (secondary N) is 1. The second kappa shape index (κ2) is 6.01. The Balaban J connectivity index is 1.96. The van der Waals surface area contributed by atoms with Crippen molar-refractivity contribution in [3.05, 3.63) is 52.8 Å². The van der Waals surface area contributed by atoms with Gasteiger partial charge in [0, 0.05) is 22.1 Å². The van der Waals surface area contributed by atoms with Gasteiger partial charge in [0.2, 0.25) is 0 Å². The molecule has 0 aliphatic rings. The lowest BCUT2D eigenvalue weighted by Crippen LogP contribution is -2.14. The lowest BCUT2D eigenvalue weighted by molar-refractivity contribution is 0.102. The molecule has 3 rings (SSSR count). The number of aryl methyl sites for hydroxylation is 1. The second-order valence-electron chi connectivity index (χ2n) is 5.68. The first-order chi connectivity index (χ1) is 11.0. The fourth-order valence-corrected chi connectivity index (χ4v) is 2.63. The molecule has 0 radical (unpaired) electrons. The molecule has 118 valence electrons. The van der Waals surface area contributed by atoms with Crippen LogP contribution in [-0.4, -0.2) is 20.7 Å². The number of hydrogen-bond acceptors (Lipinski definition) is 3. The second-order valence-corrected chi connectivity index (χ2v) is 6.12. The minimum atomic E-state index is -0.212. The van der Waals surface area contributed by atoms with E-state index in [0.717, 1.165) is 11.0 Å². The number of pyridine rings is 1. The van der Waals surface area contributed by atoms with Gasteiger partial charge in [-0.2, -0.15) is 5.10 Å². The van der Waals surface area contributed by atoms with Crippen LogP contribution in [0.2, 0.25) is 5.02 Å². The molecule has 1 N–H and O–H groups in total. The van der Waals surface area contributed by atoms with Crippen molar-refractivity contribution in [3.63, 3.8) is 0 Å². The third-order valence-corrected chi connectivity index (χ3v) is 3.81. The zero-order valence-corrected chi connectivity index (χ0v) is 13.9. The molecule has 1 amide bonds. The average Bonchev–Trinajstić information content (AvgIpc) is 2.89. The maximum atomic E-state index is 12.5. The number of halogens is 1. The first-order valence-corrected chi connectivity index (χ1v) is 7.75. The Morgan fingerprint density at radius 3 is 2.78 bits per heavy atom. The van der Waals surface area contributed by atoms with E-state index in [4.69, 9.17) is 11.6 Å². The zero-order valence-electron chi connectivity index (χ0n) is 13.2. The van der Waals surface area contributed by atoms with E-state index in [-0.39, 0.29) is 11.9 Å². The summed E-state index contributed by atoms with van der Waals surface area (Å²) < 4.78 is 1.85. The van der Waals surface area contributed by atoms with Gasteiger partial charge in [-0.05, 0) is 45.0 Å². The Labute approximate surface area is 139 Å². The number of carbonyl (C=O) groups is 1. The minimum absolute atomic E-state index is 0.212. The highest BCUT2D eigenvalue weighted by Gasteiger charge is 2.15. The number of nitrogens with zero attached hydrogens (tertiary/aromatic N) is 3. The van der Waals surface area contributed by atoms with Gasteiger partial charge in [0.25, 0.3) is 5.91 Å². The number of aromatic nitrogens is 3. The van der Waals surface area contributed by atoms with E-state index >= 15 is 0 Å². The fourth-order valence-electron chi connectivity index (χ4n) is 2.44. The van der Waals surface area contributed by atoms with E-state index < -0.39 is 0 Å².